The van der Waals surface area contributed by atoms with Crippen molar-refractivity contribution < 1.29 is 24.7 Å². The Kier molecular flexibility index (Phi) is 4.04. The molecule has 0 radical (unpaired) electrons. The number of phenolic OH excluding ortho intramolecular Hbond substituents is 2. The number of nitro benzene ring substituents is 1. The largest absolute Gasteiger partial charge is 0.507 e. The van der Waals surface area contributed by atoms with Crippen molar-refractivity contribution in [3.05, 3.63) is 39.9 Å². The second kappa shape index (κ2) is 5.76. The summed E-state index contributed by atoms with van der Waals surface area (Å²) in [5, 5.41) is 31.1. The summed E-state index contributed by atoms with van der Waals surface area (Å²) in [6, 6.07) is 5.03. The van der Waals surface area contributed by atoms with Gasteiger partial charge in [0.25, 0.3) is 5.69 Å². The summed E-state index contributed by atoms with van der Waals surface area (Å²) in [4.78, 5) is 22.1. The molecule has 0 saturated heterocycles. The van der Waals surface area contributed by atoms with Gasteiger partial charge in [0.15, 0.2) is 5.78 Å². The summed E-state index contributed by atoms with van der Waals surface area (Å²) in [5.41, 5.74) is -0.122. The number of ether oxygens (including phenoxy) is 1. The van der Waals surface area contributed by atoms with Crippen LogP contribution in [0.2, 0.25) is 0 Å². The average Bonchev–Trinajstić information content (AvgIpc) is 2.42. The van der Waals surface area contributed by atoms with E-state index in [4.69, 9.17) is 4.74 Å². The lowest BCUT2D eigenvalue weighted by Crippen LogP contribution is -2.11. The van der Waals surface area contributed by atoms with Gasteiger partial charge in [-0.1, -0.05) is 0 Å². The first-order valence-corrected chi connectivity index (χ1v) is 6.06. The van der Waals surface area contributed by atoms with Gasteiger partial charge in [0.2, 0.25) is 0 Å². The molecule has 0 unspecified atom stereocenters. The number of nitro groups is 1. The van der Waals surface area contributed by atoms with Gasteiger partial charge in [0.05, 0.1) is 4.92 Å². The molecule has 0 amide bonds. The van der Waals surface area contributed by atoms with Gasteiger partial charge >= 0.3 is 0 Å². The fraction of sp³-hybridized carbons (Fsp3) is 0.214. The van der Waals surface area contributed by atoms with E-state index in [0.717, 1.165) is 6.07 Å². The van der Waals surface area contributed by atoms with Gasteiger partial charge in [-0.05, 0) is 18.2 Å². The van der Waals surface area contributed by atoms with E-state index in [1.54, 1.807) is 0 Å². The molecule has 2 rings (SSSR count). The lowest BCUT2D eigenvalue weighted by Gasteiger charge is -2.08. The van der Waals surface area contributed by atoms with Crippen LogP contribution in [0.25, 0.3) is 10.8 Å². The number of hydrogen-bond acceptors (Lipinski definition) is 6. The van der Waals surface area contributed by atoms with Crippen LogP contribution in [0.1, 0.15) is 5.56 Å². The summed E-state index contributed by atoms with van der Waals surface area (Å²) in [6.07, 6.45) is -0.185. The molecule has 0 aliphatic heterocycles. The number of carbonyl (C=O) groups is 1. The van der Waals surface area contributed by atoms with Crippen LogP contribution in [0.4, 0.5) is 5.69 Å². The molecule has 7 heteroatoms. The summed E-state index contributed by atoms with van der Waals surface area (Å²) in [7, 11) is 1.36. The number of ketones is 1. The first kappa shape index (κ1) is 14.7. The van der Waals surface area contributed by atoms with E-state index >= 15 is 0 Å². The molecule has 0 heterocycles. The van der Waals surface area contributed by atoms with Crippen LogP contribution in [0.15, 0.2) is 24.3 Å². The fourth-order valence-electron chi connectivity index (χ4n) is 2.13. The maximum absolute atomic E-state index is 11.6. The predicted molar refractivity (Wildman–Crippen MR) is 74.5 cm³/mol. The average molecular weight is 291 g/mol. The molecule has 0 atom stereocenters. The van der Waals surface area contributed by atoms with Crippen molar-refractivity contribution in [3.63, 3.8) is 0 Å². The zero-order valence-electron chi connectivity index (χ0n) is 11.2. The molecule has 7 nitrogen and oxygen atoms in total. The van der Waals surface area contributed by atoms with Crippen molar-refractivity contribution in [2.24, 2.45) is 0 Å². The Morgan fingerprint density at radius 1 is 1.24 bits per heavy atom. The van der Waals surface area contributed by atoms with Crippen molar-refractivity contribution in [3.8, 4) is 11.5 Å². The second-order valence-corrected chi connectivity index (χ2v) is 4.54. The minimum Gasteiger partial charge on any atom is -0.507 e. The van der Waals surface area contributed by atoms with Crippen molar-refractivity contribution in [2.75, 3.05) is 13.7 Å². The highest BCUT2D eigenvalue weighted by molar-refractivity contribution is 5.96. The van der Waals surface area contributed by atoms with E-state index in [0.29, 0.717) is 0 Å². The van der Waals surface area contributed by atoms with Crippen LogP contribution in [-0.4, -0.2) is 34.6 Å². The van der Waals surface area contributed by atoms with Crippen molar-refractivity contribution in [2.45, 2.75) is 6.42 Å². The predicted octanol–water partition coefficient (Wildman–Crippen LogP) is 1.92. The molecule has 2 aromatic carbocycles. The van der Waals surface area contributed by atoms with Gasteiger partial charge < -0.3 is 14.9 Å². The zero-order valence-corrected chi connectivity index (χ0v) is 11.2. The molecule has 0 aliphatic rings. The van der Waals surface area contributed by atoms with Crippen LogP contribution in [-0.2, 0) is 16.0 Å². The normalized spacial score (nSPS) is 10.7. The summed E-state index contributed by atoms with van der Waals surface area (Å²) in [6.45, 7) is -0.152. The maximum Gasteiger partial charge on any atom is 0.273 e. The lowest BCUT2D eigenvalue weighted by molar-refractivity contribution is -0.385. The van der Waals surface area contributed by atoms with Crippen LogP contribution >= 0.6 is 0 Å². The second-order valence-electron chi connectivity index (χ2n) is 4.54. The van der Waals surface area contributed by atoms with Gasteiger partial charge in [0, 0.05) is 35.9 Å². The molecular weight excluding hydrogens is 278 g/mol. The molecular formula is C14H13NO6. The van der Waals surface area contributed by atoms with E-state index < -0.39 is 4.92 Å². The van der Waals surface area contributed by atoms with Gasteiger partial charge in [-0.25, -0.2) is 0 Å². The Morgan fingerprint density at radius 2 is 1.81 bits per heavy atom. The fourth-order valence-corrected chi connectivity index (χ4v) is 2.13. The van der Waals surface area contributed by atoms with Gasteiger partial charge in [-0.15, -0.1) is 0 Å². The number of fused-ring (bicyclic) bond motifs is 1. The third-order valence-electron chi connectivity index (χ3n) is 3.06. The molecule has 0 aliphatic carbocycles. The number of carbonyl (C=O) groups excluding carboxylic acids is 1. The van der Waals surface area contributed by atoms with Gasteiger partial charge in [0.1, 0.15) is 18.1 Å². The summed E-state index contributed by atoms with van der Waals surface area (Å²) in [5.74, 6) is -0.626. The molecule has 0 aromatic heterocycles. The zero-order chi connectivity index (χ0) is 15.6. The maximum atomic E-state index is 11.6. The number of Topliss-reactive ketones (excluding diaryl/α,β-unsaturated/α-hetero) is 1. The smallest absolute Gasteiger partial charge is 0.273 e. The van der Waals surface area contributed by atoms with E-state index in [9.17, 15) is 25.1 Å². The third-order valence-corrected chi connectivity index (χ3v) is 3.06. The number of methoxy groups -OCH3 is 1. The Hall–Kier alpha value is -2.67. The molecule has 21 heavy (non-hydrogen) atoms. The van der Waals surface area contributed by atoms with Crippen LogP contribution in [0, 0.1) is 10.1 Å². The number of hydrogen-bond donors (Lipinski definition) is 2. The molecule has 0 saturated carbocycles. The number of rotatable bonds is 5. The Morgan fingerprint density at radius 3 is 2.33 bits per heavy atom. The van der Waals surface area contributed by atoms with Crippen molar-refractivity contribution >= 4 is 22.2 Å². The molecule has 0 bridgehead atoms. The van der Waals surface area contributed by atoms with Crippen LogP contribution in [0.5, 0.6) is 11.5 Å². The minimum absolute atomic E-state index is 0.127. The molecule has 2 aromatic rings. The lowest BCUT2D eigenvalue weighted by atomic mass is 10.00. The van der Waals surface area contributed by atoms with E-state index in [-0.39, 0.29) is 52.3 Å². The van der Waals surface area contributed by atoms with Crippen LogP contribution in [0.3, 0.4) is 0 Å². The van der Waals surface area contributed by atoms with E-state index in [1.165, 1.54) is 25.3 Å². The molecule has 2 N–H and O–H groups in total. The number of phenols is 2. The highest BCUT2D eigenvalue weighted by Gasteiger charge is 2.20. The minimum atomic E-state index is -0.627. The number of benzene rings is 2. The Bertz CT molecular complexity index is 725. The van der Waals surface area contributed by atoms with Crippen molar-refractivity contribution in [1.82, 2.24) is 0 Å². The first-order valence-electron chi connectivity index (χ1n) is 6.06. The first-order chi connectivity index (χ1) is 9.93. The SMILES string of the molecule is COCC(=O)Cc1cc2c(O)ccc(O)c2cc1[N+](=O)[O-]. The Balaban J connectivity index is 2.62. The van der Waals surface area contributed by atoms with Gasteiger partial charge in [-0.3, -0.25) is 14.9 Å². The molecule has 0 fully saturated rings. The summed E-state index contributed by atoms with van der Waals surface area (Å²) < 4.78 is 4.70. The monoisotopic (exact) mass is 291 g/mol. The quantitative estimate of drug-likeness (QED) is 0.494. The molecule has 110 valence electrons. The van der Waals surface area contributed by atoms with Crippen molar-refractivity contribution in [1.29, 1.82) is 0 Å². The highest BCUT2D eigenvalue weighted by atomic mass is 16.6. The molecule has 0 spiro atoms. The summed E-state index contributed by atoms with van der Waals surface area (Å²) >= 11 is 0. The highest BCUT2D eigenvalue weighted by Crippen LogP contribution is 2.36. The number of nitrogens with zero attached hydrogens (tertiary/aromatic N) is 1. The van der Waals surface area contributed by atoms with E-state index in [1.807, 2.05) is 0 Å². The standard InChI is InChI=1S/C14H13NO6/c1-21-7-9(16)4-8-5-10-11(6-12(8)15(19)20)14(18)3-2-13(10)17/h2-3,5-6,17-18H,4,7H2,1H3. The Labute approximate surface area is 119 Å². The third kappa shape index (κ3) is 2.92. The van der Waals surface area contributed by atoms with Crippen LogP contribution < -0.4 is 0 Å². The van der Waals surface area contributed by atoms with E-state index in [2.05, 4.69) is 0 Å². The topological polar surface area (TPSA) is 110 Å². The number of aromatic hydroxyl groups is 2. The van der Waals surface area contributed by atoms with Gasteiger partial charge in [-0.2, -0.15) is 0 Å².